The van der Waals surface area contributed by atoms with Crippen LogP contribution in [0.25, 0.3) is 0 Å². The van der Waals surface area contributed by atoms with Crippen molar-refractivity contribution in [2.45, 2.75) is 31.1 Å². The molecule has 0 aromatic heterocycles. The molecule has 1 nitrogen and oxygen atoms in total. The Balaban J connectivity index is 2.05. The zero-order valence-corrected chi connectivity index (χ0v) is 9.29. The minimum atomic E-state index is 0.482. The first-order valence-corrected chi connectivity index (χ1v) is 6.31. The number of halogens is 1. The highest BCUT2D eigenvalue weighted by Gasteiger charge is 2.23. The van der Waals surface area contributed by atoms with Gasteiger partial charge in [-0.2, -0.15) is 11.8 Å². The molecule has 1 aliphatic rings. The summed E-state index contributed by atoms with van der Waals surface area (Å²) in [5.74, 6) is 1.27. The molecule has 0 bridgehead atoms. The lowest BCUT2D eigenvalue weighted by Gasteiger charge is -2.12. The number of hydrogen-bond acceptors (Lipinski definition) is 2. The van der Waals surface area contributed by atoms with Crippen LogP contribution in [0.2, 0.25) is 0 Å². The number of hydrogen-bond donors (Lipinski definition) is 0. The van der Waals surface area contributed by atoms with E-state index in [0.29, 0.717) is 6.10 Å². The van der Waals surface area contributed by atoms with Gasteiger partial charge < -0.3 is 4.74 Å². The Morgan fingerprint density at radius 1 is 1.64 bits per heavy atom. The molecule has 1 heterocycles. The number of rotatable bonds is 4. The van der Waals surface area contributed by atoms with Crippen LogP contribution in [0.1, 0.15) is 19.8 Å². The molecule has 1 saturated heterocycles. The number of thioether (sulfide) groups is 1. The van der Waals surface area contributed by atoms with Crippen LogP contribution in [0.5, 0.6) is 0 Å². The van der Waals surface area contributed by atoms with Gasteiger partial charge in [0.15, 0.2) is 0 Å². The van der Waals surface area contributed by atoms with E-state index in [4.69, 9.17) is 4.74 Å². The Kier molecular flexibility index (Phi) is 4.88. The molecule has 1 rings (SSSR count). The molecular weight excluding hydrogens is 224 g/mol. The number of ether oxygens (including phenoxy) is 1. The minimum absolute atomic E-state index is 0.482. The smallest absolute Gasteiger partial charge is 0.0666 e. The van der Waals surface area contributed by atoms with Gasteiger partial charge in [-0.25, -0.2) is 0 Å². The third kappa shape index (κ3) is 3.34. The molecule has 0 aliphatic carbocycles. The summed E-state index contributed by atoms with van der Waals surface area (Å²) in [5, 5.41) is 1.89. The molecule has 0 aromatic carbocycles. The summed E-state index contributed by atoms with van der Waals surface area (Å²) in [7, 11) is 0. The fourth-order valence-electron chi connectivity index (χ4n) is 1.22. The highest BCUT2D eigenvalue weighted by Crippen LogP contribution is 2.26. The average molecular weight is 239 g/mol. The predicted octanol–water partition coefficient (Wildman–Crippen LogP) is 2.68. The molecule has 66 valence electrons. The van der Waals surface area contributed by atoms with E-state index in [2.05, 4.69) is 34.6 Å². The first-order chi connectivity index (χ1) is 5.34. The lowest BCUT2D eigenvalue weighted by molar-refractivity contribution is 0.127. The normalized spacial score (nSPS) is 31.1. The van der Waals surface area contributed by atoms with Crippen LogP contribution < -0.4 is 0 Å². The van der Waals surface area contributed by atoms with Gasteiger partial charge in [-0.3, -0.25) is 0 Å². The molecule has 11 heavy (non-hydrogen) atoms. The highest BCUT2D eigenvalue weighted by molar-refractivity contribution is 9.09. The third-order valence-electron chi connectivity index (χ3n) is 1.92. The van der Waals surface area contributed by atoms with Crippen molar-refractivity contribution in [3.05, 3.63) is 0 Å². The molecule has 0 saturated carbocycles. The topological polar surface area (TPSA) is 9.23 Å². The summed E-state index contributed by atoms with van der Waals surface area (Å²) in [6.07, 6.45) is 3.00. The zero-order valence-electron chi connectivity index (χ0n) is 6.88. The SMILES string of the molecule is CC1OCCC1SCCCBr. The van der Waals surface area contributed by atoms with E-state index in [1.807, 2.05) is 0 Å². The second-order valence-electron chi connectivity index (χ2n) is 2.82. The largest absolute Gasteiger partial charge is 0.377 e. The summed E-state index contributed by atoms with van der Waals surface area (Å²) < 4.78 is 5.46. The van der Waals surface area contributed by atoms with Crippen molar-refractivity contribution in [1.29, 1.82) is 0 Å². The molecule has 2 unspecified atom stereocenters. The molecule has 0 amide bonds. The van der Waals surface area contributed by atoms with Crippen molar-refractivity contribution in [3.8, 4) is 0 Å². The van der Waals surface area contributed by atoms with Gasteiger partial charge in [-0.05, 0) is 25.5 Å². The van der Waals surface area contributed by atoms with E-state index in [1.165, 1.54) is 18.6 Å². The molecular formula is C8H15BrOS. The fraction of sp³-hybridized carbons (Fsp3) is 1.00. The molecule has 1 fully saturated rings. The molecule has 0 aromatic rings. The number of alkyl halides is 1. The van der Waals surface area contributed by atoms with Crippen molar-refractivity contribution in [3.63, 3.8) is 0 Å². The van der Waals surface area contributed by atoms with E-state index in [-0.39, 0.29) is 0 Å². The summed E-state index contributed by atoms with van der Waals surface area (Å²) in [6, 6.07) is 0. The maximum Gasteiger partial charge on any atom is 0.0666 e. The first kappa shape index (κ1) is 9.87. The second-order valence-corrected chi connectivity index (χ2v) is 4.96. The van der Waals surface area contributed by atoms with Crippen LogP contribution in [0, 0.1) is 0 Å². The maximum atomic E-state index is 5.46. The quantitative estimate of drug-likeness (QED) is 0.551. The van der Waals surface area contributed by atoms with Gasteiger partial charge in [0, 0.05) is 17.2 Å². The fourth-order valence-corrected chi connectivity index (χ4v) is 3.10. The van der Waals surface area contributed by atoms with E-state index in [9.17, 15) is 0 Å². The Hall–Kier alpha value is 0.790. The third-order valence-corrected chi connectivity index (χ3v) is 4.05. The summed E-state index contributed by atoms with van der Waals surface area (Å²) in [5.41, 5.74) is 0. The van der Waals surface area contributed by atoms with Gasteiger partial charge in [0.1, 0.15) is 0 Å². The minimum Gasteiger partial charge on any atom is -0.377 e. The second kappa shape index (κ2) is 5.44. The summed E-state index contributed by atoms with van der Waals surface area (Å²) >= 11 is 5.49. The van der Waals surface area contributed by atoms with Crippen LogP contribution in [0.4, 0.5) is 0 Å². The molecule has 0 radical (unpaired) electrons. The van der Waals surface area contributed by atoms with Crippen LogP contribution in [-0.2, 0) is 4.74 Å². The van der Waals surface area contributed by atoms with Crippen LogP contribution in [0.15, 0.2) is 0 Å². The summed E-state index contributed by atoms with van der Waals surface area (Å²) in [6.45, 7) is 3.14. The Bertz CT molecular complexity index is 110. The van der Waals surface area contributed by atoms with Gasteiger partial charge in [0.05, 0.1) is 6.10 Å². The van der Waals surface area contributed by atoms with E-state index in [1.54, 1.807) is 0 Å². The maximum absolute atomic E-state index is 5.46. The van der Waals surface area contributed by atoms with Crippen molar-refractivity contribution >= 4 is 27.7 Å². The van der Waals surface area contributed by atoms with E-state index in [0.717, 1.165) is 17.2 Å². The lowest BCUT2D eigenvalue weighted by Crippen LogP contribution is -2.13. The van der Waals surface area contributed by atoms with Crippen molar-refractivity contribution in [2.24, 2.45) is 0 Å². The van der Waals surface area contributed by atoms with Gasteiger partial charge in [0.25, 0.3) is 0 Å². The lowest BCUT2D eigenvalue weighted by atomic mass is 10.3. The van der Waals surface area contributed by atoms with Gasteiger partial charge in [-0.15, -0.1) is 0 Å². The van der Waals surface area contributed by atoms with Crippen LogP contribution >= 0.6 is 27.7 Å². The Labute approximate surface area is 81.4 Å². The van der Waals surface area contributed by atoms with Crippen LogP contribution in [0.3, 0.4) is 0 Å². The monoisotopic (exact) mass is 238 g/mol. The van der Waals surface area contributed by atoms with Crippen molar-refractivity contribution in [1.82, 2.24) is 0 Å². The van der Waals surface area contributed by atoms with Gasteiger partial charge >= 0.3 is 0 Å². The summed E-state index contributed by atoms with van der Waals surface area (Å²) in [4.78, 5) is 0. The van der Waals surface area contributed by atoms with Gasteiger partial charge in [0.2, 0.25) is 0 Å². The van der Waals surface area contributed by atoms with E-state index >= 15 is 0 Å². The molecule has 0 spiro atoms. The standard InChI is InChI=1S/C8H15BrOS/c1-7-8(3-5-10-7)11-6-2-4-9/h7-8H,2-6H2,1H3. The van der Waals surface area contributed by atoms with Crippen LogP contribution in [-0.4, -0.2) is 29.0 Å². The molecule has 1 aliphatic heterocycles. The Morgan fingerprint density at radius 2 is 2.45 bits per heavy atom. The Morgan fingerprint density at radius 3 is 3.00 bits per heavy atom. The van der Waals surface area contributed by atoms with Crippen molar-refractivity contribution < 1.29 is 4.74 Å². The van der Waals surface area contributed by atoms with E-state index < -0.39 is 0 Å². The first-order valence-electron chi connectivity index (χ1n) is 4.13. The zero-order chi connectivity index (χ0) is 8.10. The highest BCUT2D eigenvalue weighted by atomic mass is 79.9. The molecule has 3 heteroatoms. The molecule has 2 atom stereocenters. The molecule has 0 N–H and O–H groups in total. The predicted molar refractivity (Wildman–Crippen MR) is 54.7 cm³/mol. The van der Waals surface area contributed by atoms with Gasteiger partial charge in [-0.1, -0.05) is 15.9 Å². The van der Waals surface area contributed by atoms with Crippen molar-refractivity contribution in [2.75, 3.05) is 17.7 Å². The average Bonchev–Trinajstić information content (AvgIpc) is 2.37.